The highest BCUT2D eigenvalue weighted by molar-refractivity contribution is 6.31. The molecule has 6 nitrogen and oxygen atoms in total. The number of rotatable bonds is 4. The second-order valence-corrected chi connectivity index (χ2v) is 6.23. The molecule has 2 aromatic heterocycles. The molecule has 0 aliphatic carbocycles. The molecule has 0 bridgehead atoms. The number of nitrogens with one attached hydrogen (secondary N) is 1. The molecule has 3 rings (SSSR count). The fourth-order valence-electron chi connectivity index (χ4n) is 2.55. The van der Waals surface area contributed by atoms with Crippen molar-refractivity contribution in [2.24, 2.45) is 7.05 Å². The van der Waals surface area contributed by atoms with E-state index >= 15 is 0 Å². The smallest absolute Gasteiger partial charge is 0.260 e. The van der Waals surface area contributed by atoms with Gasteiger partial charge in [-0.25, -0.2) is 4.39 Å². The first-order chi connectivity index (χ1) is 11.8. The van der Waals surface area contributed by atoms with Gasteiger partial charge in [-0.1, -0.05) is 17.7 Å². The molecule has 0 unspecified atom stereocenters. The summed E-state index contributed by atoms with van der Waals surface area (Å²) in [6.45, 7) is 4.03. The summed E-state index contributed by atoms with van der Waals surface area (Å²) >= 11 is 6.06. The Morgan fingerprint density at radius 3 is 2.68 bits per heavy atom. The highest BCUT2D eigenvalue weighted by atomic mass is 35.5. The highest BCUT2D eigenvalue weighted by Crippen LogP contribution is 2.20. The third kappa shape index (κ3) is 3.71. The van der Waals surface area contributed by atoms with Crippen LogP contribution in [0.5, 0.6) is 0 Å². The van der Waals surface area contributed by atoms with Crippen molar-refractivity contribution in [1.82, 2.24) is 19.6 Å². The molecular weight excluding hydrogens is 345 g/mol. The molecule has 1 aromatic carbocycles. The molecule has 25 heavy (non-hydrogen) atoms. The standard InChI is InChI=1S/C17H17ClFN5O/c1-10-6-16(20-17(25)14-9-23(3)21-11(14)2)22-24(10)8-12-4-5-13(19)7-15(12)18/h4-7,9H,8H2,1-3H3,(H,20,22,25). The number of halogens is 2. The molecule has 0 saturated carbocycles. The number of carbonyl (C=O) groups is 1. The van der Waals surface area contributed by atoms with E-state index in [-0.39, 0.29) is 11.7 Å². The molecular formula is C17H17ClFN5O. The number of amides is 1. The Morgan fingerprint density at radius 2 is 2.04 bits per heavy atom. The van der Waals surface area contributed by atoms with Crippen LogP contribution in [0.15, 0.2) is 30.5 Å². The number of carbonyl (C=O) groups excluding carboxylic acids is 1. The SMILES string of the molecule is Cc1nn(C)cc1C(=O)Nc1cc(C)n(Cc2ccc(F)cc2Cl)n1. The maximum Gasteiger partial charge on any atom is 0.260 e. The highest BCUT2D eigenvalue weighted by Gasteiger charge is 2.15. The Balaban J connectivity index is 1.78. The van der Waals surface area contributed by atoms with Gasteiger partial charge in [0.05, 0.1) is 17.8 Å². The van der Waals surface area contributed by atoms with Crippen LogP contribution in [0, 0.1) is 19.7 Å². The van der Waals surface area contributed by atoms with Crippen LogP contribution in [0.1, 0.15) is 27.3 Å². The number of anilines is 1. The molecule has 8 heteroatoms. The van der Waals surface area contributed by atoms with Crippen molar-refractivity contribution in [3.05, 3.63) is 63.8 Å². The second-order valence-electron chi connectivity index (χ2n) is 5.82. The van der Waals surface area contributed by atoms with Crippen molar-refractivity contribution in [1.29, 1.82) is 0 Å². The van der Waals surface area contributed by atoms with Gasteiger partial charge >= 0.3 is 0 Å². The first-order valence-electron chi connectivity index (χ1n) is 7.63. The fraction of sp³-hybridized carbons (Fsp3) is 0.235. The molecule has 2 heterocycles. The van der Waals surface area contributed by atoms with Gasteiger partial charge in [0.2, 0.25) is 0 Å². The van der Waals surface area contributed by atoms with Gasteiger partial charge in [0, 0.05) is 30.0 Å². The minimum absolute atomic E-state index is 0.268. The fourth-order valence-corrected chi connectivity index (χ4v) is 2.78. The minimum atomic E-state index is -0.384. The van der Waals surface area contributed by atoms with Crippen LogP contribution in [0.25, 0.3) is 0 Å². The van der Waals surface area contributed by atoms with Crippen molar-refractivity contribution in [2.45, 2.75) is 20.4 Å². The van der Waals surface area contributed by atoms with Crippen LogP contribution in [-0.4, -0.2) is 25.5 Å². The summed E-state index contributed by atoms with van der Waals surface area (Å²) in [5, 5.41) is 11.6. The molecule has 0 saturated heterocycles. The molecule has 3 aromatic rings. The largest absolute Gasteiger partial charge is 0.305 e. The van der Waals surface area contributed by atoms with E-state index < -0.39 is 0 Å². The van der Waals surface area contributed by atoms with Crippen LogP contribution in [-0.2, 0) is 13.6 Å². The van der Waals surface area contributed by atoms with Crippen molar-refractivity contribution in [2.75, 3.05) is 5.32 Å². The first-order valence-corrected chi connectivity index (χ1v) is 8.01. The van der Waals surface area contributed by atoms with E-state index in [2.05, 4.69) is 15.5 Å². The lowest BCUT2D eigenvalue weighted by Gasteiger charge is -2.06. The number of aromatic nitrogens is 4. The van der Waals surface area contributed by atoms with Crippen molar-refractivity contribution < 1.29 is 9.18 Å². The normalized spacial score (nSPS) is 10.9. The van der Waals surface area contributed by atoms with Gasteiger partial charge in [-0.15, -0.1) is 0 Å². The van der Waals surface area contributed by atoms with Gasteiger partial charge in [-0.2, -0.15) is 10.2 Å². The molecule has 1 amide bonds. The third-order valence-electron chi connectivity index (χ3n) is 3.82. The zero-order chi connectivity index (χ0) is 18.1. The number of nitrogens with zero attached hydrogens (tertiary/aromatic N) is 4. The minimum Gasteiger partial charge on any atom is -0.305 e. The third-order valence-corrected chi connectivity index (χ3v) is 4.17. The monoisotopic (exact) mass is 361 g/mol. The summed E-state index contributed by atoms with van der Waals surface area (Å²) in [4.78, 5) is 12.3. The van der Waals surface area contributed by atoms with E-state index in [4.69, 9.17) is 11.6 Å². The summed E-state index contributed by atoms with van der Waals surface area (Å²) in [7, 11) is 1.76. The van der Waals surface area contributed by atoms with E-state index in [1.165, 1.54) is 12.1 Å². The Hall–Kier alpha value is -2.67. The summed E-state index contributed by atoms with van der Waals surface area (Å²) in [5.41, 5.74) is 2.74. The van der Waals surface area contributed by atoms with E-state index in [0.29, 0.717) is 28.6 Å². The Labute approximate surface area is 149 Å². The molecule has 0 radical (unpaired) electrons. The number of hydrogen-bond donors (Lipinski definition) is 1. The van der Waals surface area contributed by atoms with Gasteiger partial charge in [0.15, 0.2) is 5.82 Å². The summed E-state index contributed by atoms with van der Waals surface area (Å²) in [6.07, 6.45) is 1.66. The van der Waals surface area contributed by atoms with E-state index in [0.717, 1.165) is 11.3 Å². The van der Waals surface area contributed by atoms with E-state index in [9.17, 15) is 9.18 Å². The molecule has 1 N–H and O–H groups in total. The summed E-state index contributed by atoms with van der Waals surface area (Å²) < 4.78 is 16.4. The number of aryl methyl sites for hydroxylation is 3. The van der Waals surface area contributed by atoms with Crippen molar-refractivity contribution >= 4 is 23.3 Å². The zero-order valence-corrected chi connectivity index (χ0v) is 14.8. The van der Waals surface area contributed by atoms with Gasteiger partial charge in [0.25, 0.3) is 5.91 Å². The Kier molecular flexibility index (Phi) is 4.59. The van der Waals surface area contributed by atoms with Crippen molar-refractivity contribution in [3.8, 4) is 0 Å². The van der Waals surface area contributed by atoms with Crippen LogP contribution < -0.4 is 5.32 Å². The van der Waals surface area contributed by atoms with Crippen LogP contribution in [0.2, 0.25) is 5.02 Å². The lowest BCUT2D eigenvalue weighted by molar-refractivity contribution is 0.102. The predicted molar refractivity (Wildman–Crippen MR) is 93.4 cm³/mol. The van der Waals surface area contributed by atoms with E-state index in [1.54, 1.807) is 41.7 Å². The second kappa shape index (κ2) is 6.68. The van der Waals surface area contributed by atoms with Gasteiger partial charge in [-0.3, -0.25) is 14.2 Å². The van der Waals surface area contributed by atoms with Gasteiger partial charge in [-0.05, 0) is 31.5 Å². The van der Waals surface area contributed by atoms with Crippen molar-refractivity contribution in [3.63, 3.8) is 0 Å². The first kappa shape index (κ1) is 17.2. The van der Waals surface area contributed by atoms with Crippen LogP contribution >= 0.6 is 11.6 Å². The quantitative estimate of drug-likeness (QED) is 0.775. The maximum atomic E-state index is 13.1. The maximum absolute atomic E-state index is 13.1. The molecule has 0 aliphatic rings. The molecule has 0 fully saturated rings. The number of hydrogen-bond acceptors (Lipinski definition) is 3. The van der Waals surface area contributed by atoms with Gasteiger partial charge in [0.1, 0.15) is 5.82 Å². The Bertz CT molecular complexity index is 947. The number of benzene rings is 1. The summed E-state index contributed by atoms with van der Waals surface area (Å²) in [6, 6.07) is 6.01. The topological polar surface area (TPSA) is 64.7 Å². The predicted octanol–water partition coefficient (Wildman–Crippen LogP) is 3.33. The lowest BCUT2D eigenvalue weighted by atomic mass is 10.2. The Morgan fingerprint density at radius 1 is 1.28 bits per heavy atom. The molecule has 0 atom stereocenters. The summed E-state index contributed by atoms with van der Waals surface area (Å²) in [5.74, 6) is -0.218. The average Bonchev–Trinajstić information content (AvgIpc) is 3.04. The molecule has 0 aliphatic heterocycles. The average molecular weight is 362 g/mol. The molecule has 130 valence electrons. The van der Waals surface area contributed by atoms with Crippen LogP contribution in [0.4, 0.5) is 10.2 Å². The molecule has 0 spiro atoms. The van der Waals surface area contributed by atoms with E-state index in [1.807, 2.05) is 6.92 Å². The van der Waals surface area contributed by atoms with Crippen LogP contribution in [0.3, 0.4) is 0 Å². The van der Waals surface area contributed by atoms with Gasteiger partial charge < -0.3 is 5.32 Å². The zero-order valence-electron chi connectivity index (χ0n) is 14.0. The lowest BCUT2D eigenvalue weighted by Crippen LogP contribution is -2.13.